The van der Waals surface area contributed by atoms with Crippen LogP contribution in [0.3, 0.4) is 0 Å². The zero-order chi connectivity index (χ0) is 20.4. The average molecular weight is 452 g/mol. The number of H-pyrrole nitrogens is 1. The van der Waals surface area contributed by atoms with Crippen LogP contribution in [0, 0.1) is 0 Å². The lowest BCUT2D eigenvalue weighted by Crippen LogP contribution is -2.37. The van der Waals surface area contributed by atoms with Crippen molar-refractivity contribution in [2.24, 2.45) is 0 Å². The van der Waals surface area contributed by atoms with Gasteiger partial charge < -0.3 is 9.88 Å². The molecule has 0 aliphatic carbocycles. The van der Waals surface area contributed by atoms with Crippen LogP contribution >= 0.6 is 23.2 Å². The Hall–Kier alpha value is -1.57. The van der Waals surface area contributed by atoms with Gasteiger partial charge in [-0.25, -0.2) is 13.1 Å². The van der Waals surface area contributed by atoms with E-state index in [4.69, 9.17) is 23.2 Å². The van der Waals surface area contributed by atoms with Gasteiger partial charge in [0.2, 0.25) is 10.0 Å². The molecule has 29 heavy (non-hydrogen) atoms. The second-order valence-electron chi connectivity index (χ2n) is 7.47. The molecule has 1 aliphatic heterocycles. The summed E-state index contributed by atoms with van der Waals surface area (Å²) in [5, 5.41) is 2.44. The molecular weight excluding hydrogens is 429 g/mol. The lowest BCUT2D eigenvalue weighted by Gasteiger charge is -2.16. The van der Waals surface area contributed by atoms with E-state index in [1.54, 1.807) is 12.1 Å². The summed E-state index contributed by atoms with van der Waals surface area (Å²) in [6.07, 6.45) is 4.83. The van der Waals surface area contributed by atoms with Crippen LogP contribution in [0.15, 0.2) is 53.6 Å². The quantitative estimate of drug-likeness (QED) is 0.557. The zero-order valence-corrected chi connectivity index (χ0v) is 18.2. The van der Waals surface area contributed by atoms with Crippen LogP contribution < -0.4 is 4.72 Å². The first-order valence-electron chi connectivity index (χ1n) is 9.66. The van der Waals surface area contributed by atoms with E-state index in [-0.39, 0.29) is 10.9 Å². The van der Waals surface area contributed by atoms with E-state index < -0.39 is 10.0 Å². The third kappa shape index (κ3) is 4.95. The lowest BCUT2D eigenvalue weighted by atomic mass is 10.1. The van der Waals surface area contributed by atoms with E-state index >= 15 is 0 Å². The standard InChI is InChI=1S/C21H23Cl2N3O2S/c22-16-3-6-19(7-4-16)29(27,28)25-18-9-11-26(14-18)10-1-2-15-13-24-21-8-5-17(23)12-20(15)21/h3-8,12-13,18,24-25H,1-2,9-11,14H2. The van der Waals surface area contributed by atoms with Crippen molar-refractivity contribution in [2.45, 2.75) is 30.2 Å². The van der Waals surface area contributed by atoms with Crippen LogP contribution in [0.5, 0.6) is 0 Å². The molecule has 2 aromatic carbocycles. The maximum Gasteiger partial charge on any atom is 0.240 e. The number of halogens is 2. The number of rotatable bonds is 7. The Kier molecular flexibility index (Phi) is 6.18. The number of aryl methyl sites for hydroxylation is 1. The Morgan fingerprint density at radius 1 is 1.10 bits per heavy atom. The van der Waals surface area contributed by atoms with E-state index in [0.717, 1.165) is 49.4 Å². The van der Waals surface area contributed by atoms with Gasteiger partial charge in [0, 0.05) is 39.7 Å². The number of aromatic amines is 1. The molecule has 5 nitrogen and oxygen atoms in total. The molecule has 0 amide bonds. The number of likely N-dealkylation sites (tertiary alicyclic amines) is 1. The molecule has 3 aromatic rings. The summed E-state index contributed by atoms with van der Waals surface area (Å²) in [7, 11) is -3.52. The number of hydrogen-bond acceptors (Lipinski definition) is 3. The van der Waals surface area contributed by atoms with Crippen LogP contribution in [0.4, 0.5) is 0 Å². The summed E-state index contributed by atoms with van der Waals surface area (Å²) in [6, 6.07) is 12.1. The van der Waals surface area contributed by atoms with Crippen molar-refractivity contribution < 1.29 is 8.42 Å². The Labute approximate surface area is 181 Å². The molecule has 1 unspecified atom stereocenters. The zero-order valence-electron chi connectivity index (χ0n) is 15.9. The van der Waals surface area contributed by atoms with E-state index in [1.807, 2.05) is 24.4 Å². The molecule has 2 heterocycles. The largest absolute Gasteiger partial charge is 0.361 e. The van der Waals surface area contributed by atoms with Gasteiger partial charge in [-0.15, -0.1) is 0 Å². The fraction of sp³-hybridized carbons (Fsp3) is 0.333. The second kappa shape index (κ2) is 8.66. The van der Waals surface area contributed by atoms with Crippen LogP contribution in [-0.2, 0) is 16.4 Å². The second-order valence-corrected chi connectivity index (χ2v) is 10.1. The fourth-order valence-corrected chi connectivity index (χ4v) is 5.44. The Balaban J connectivity index is 1.29. The first kappa shape index (κ1) is 20.7. The van der Waals surface area contributed by atoms with E-state index in [0.29, 0.717) is 5.02 Å². The van der Waals surface area contributed by atoms with E-state index in [9.17, 15) is 8.42 Å². The van der Waals surface area contributed by atoms with Crippen molar-refractivity contribution in [3.8, 4) is 0 Å². The lowest BCUT2D eigenvalue weighted by molar-refractivity contribution is 0.327. The molecule has 2 N–H and O–H groups in total. The first-order valence-corrected chi connectivity index (χ1v) is 11.9. The van der Waals surface area contributed by atoms with E-state index in [1.165, 1.54) is 23.1 Å². The van der Waals surface area contributed by atoms with Crippen molar-refractivity contribution in [1.29, 1.82) is 0 Å². The number of sulfonamides is 1. The highest BCUT2D eigenvalue weighted by Crippen LogP contribution is 2.24. The topological polar surface area (TPSA) is 65.2 Å². The third-order valence-corrected chi connectivity index (χ3v) is 7.39. The highest BCUT2D eigenvalue weighted by Gasteiger charge is 2.27. The molecule has 1 aromatic heterocycles. The fourth-order valence-electron chi connectivity index (χ4n) is 3.88. The molecule has 0 spiro atoms. The number of hydrogen-bond donors (Lipinski definition) is 2. The highest BCUT2D eigenvalue weighted by atomic mass is 35.5. The van der Waals surface area contributed by atoms with Crippen molar-refractivity contribution in [3.05, 3.63) is 64.3 Å². The van der Waals surface area contributed by atoms with Gasteiger partial charge in [0.25, 0.3) is 0 Å². The van der Waals surface area contributed by atoms with Gasteiger partial charge in [-0.1, -0.05) is 23.2 Å². The number of nitrogens with one attached hydrogen (secondary N) is 2. The van der Waals surface area contributed by atoms with Crippen molar-refractivity contribution in [1.82, 2.24) is 14.6 Å². The normalized spacial score (nSPS) is 17.9. The molecule has 1 atom stereocenters. The van der Waals surface area contributed by atoms with Gasteiger partial charge >= 0.3 is 0 Å². The highest BCUT2D eigenvalue weighted by molar-refractivity contribution is 7.89. The third-order valence-electron chi connectivity index (χ3n) is 5.37. The molecule has 8 heteroatoms. The van der Waals surface area contributed by atoms with Crippen LogP contribution in [-0.4, -0.2) is 44.0 Å². The van der Waals surface area contributed by atoms with Crippen molar-refractivity contribution in [2.75, 3.05) is 19.6 Å². The van der Waals surface area contributed by atoms with Crippen molar-refractivity contribution >= 4 is 44.1 Å². The Bertz CT molecular complexity index is 1100. The number of nitrogens with zero attached hydrogens (tertiary/aromatic N) is 1. The van der Waals surface area contributed by atoms with Gasteiger partial charge in [0.15, 0.2) is 0 Å². The molecule has 154 valence electrons. The Morgan fingerprint density at radius 2 is 1.86 bits per heavy atom. The predicted molar refractivity (Wildman–Crippen MR) is 118 cm³/mol. The van der Waals surface area contributed by atoms with Crippen molar-refractivity contribution in [3.63, 3.8) is 0 Å². The number of fused-ring (bicyclic) bond motifs is 1. The first-order chi connectivity index (χ1) is 13.9. The molecule has 0 radical (unpaired) electrons. The van der Waals surface area contributed by atoms with E-state index in [2.05, 4.69) is 14.6 Å². The summed E-state index contributed by atoms with van der Waals surface area (Å²) in [4.78, 5) is 5.85. The number of aromatic nitrogens is 1. The van der Waals surface area contributed by atoms with Gasteiger partial charge in [0.05, 0.1) is 4.90 Å². The molecule has 1 saturated heterocycles. The van der Waals surface area contributed by atoms with Gasteiger partial charge in [-0.3, -0.25) is 0 Å². The maximum atomic E-state index is 12.5. The summed E-state index contributed by atoms with van der Waals surface area (Å²) >= 11 is 12.0. The molecular formula is C21H23Cl2N3O2S. The molecule has 0 bridgehead atoms. The number of benzene rings is 2. The minimum Gasteiger partial charge on any atom is -0.361 e. The van der Waals surface area contributed by atoms with Gasteiger partial charge in [0.1, 0.15) is 0 Å². The summed E-state index contributed by atoms with van der Waals surface area (Å²) in [5.41, 5.74) is 2.36. The summed E-state index contributed by atoms with van der Waals surface area (Å²) in [5.74, 6) is 0. The van der Waals surface area contributed by atoms with Gasteiger partial charge in [-0.05, 0) is 80.4 Å². The monoisotopic (exact) mass is 451 g/mol. The van der Waals surface area contributed by atoms with Crippen LogP contribution in [0.1, 0.15) is 18.4 Å². The summed E-state index contributed by atoms with van der Waals surface area (Å²) < 4.78 is 27.9. The SMILES string of the molecule is O=S(=O)(NC1CCN(CCCc2c[nH]c3ccc(Cl)cc23)C1)c1ccc(Cl)cc1. The van der Waals surface area contributed by atoms with Gasteiger partial charge in [-0.2, -0.15) is 0 Å². The van der Waals surface area contributed by atoms with Crippen LogP contribution in [0.25, 0.3) is 10.9 Å². The van der Waals surface area contributed by atoms with Crippen LogP contribution in [0.2, 0.25) is 10.0 Å². The average Bonchev–Trinajstić information content (AvgIpc) is 3.28. The molecule has 1 aliphatic rings. The molecule has 1 fully saturated rings. The smallest absolute Gasteiger partial charge is 0.240 e. The minimum absolute atomic E-state index is 0.0671. The molecule has 0 saturated carbocycles. The Morgan fingerprint density at radius 3 is 2.66 bits per heavy atom. The predicted octanol–water partition coefficient (Wildman–Crippen LogP) is 4.46. The molecule has 4 rings (SSSR count). The maximum absolute atomic E-state index is 12.5. The minimum atomic E-state index is -3.52. The summed E-state index contributed by atoms with van der Waals surface area (Å²) in [6.45, 7) is 2.56.